The number of sulfonamides is 1. The Kier molecular flexibility index (Phi) is 4.69. The third-order valence-electron chi connectivity index (χ3n) is 3.87. The van der Waals surface area contributed by atoms with Crippen LogP contribution in [-0.4, -0.2) is 30.6 Å². The van der Waals surface area contributed by atoms with Crippen molar-refractivity contribution in [2.24, 2.45) is 0 Å². The lowest BCUT2D eigenvalue weighted by Gasteiger charge is -2.36. The first-order chi connectivity index (χ1) is 8.96. The van der Waals surface area contributed by atoms with Crippen molar-refractivity contribution >= 4 is 26.0 Å². The maximum absolute atomic E-state index is 12.7. The predicted octanol–water partition coefficient (Wildman–Crippen LogP) is 3.24. The summed E-state index contributed by atoms with van der Waals surface area (Å²) in [6.07, 6.45) is 3.10. The summed E-state index contributed by atoms with van der Waals surface area (Å²) in [7, 11) is -3.36. The van der Waals surface area contributed by atoms with Gasteiger partial charge in [-0.05, 0) is 49.9 Å². The van der Waals surface area contributed by atoms with Crippen LogP contribution in [0.15, 0.2) is 23.1 Å². The van der Waals surface area contributed by atoms with Crippen LogP contribution in [0.4, 0.5) is 0 Å². The molecule has 0 radical (unpaired) electrons. The fourth-order valence-electron chi connectivity index (χ4n) is 2.27. The zero-order valence-electron chi connectivity index (χ0n) is 11.4. The van der Waals surface area contributed by atoms with Crippen molar-refractivity contribution in [3.63, 3.8) is 0 Å². The molecule has 1 aliphatic rings. The lowest BCUT2D eigenvalue weighted by atomic mass is 9.93. The quantitative estimate of drug-likeness (QED) is 0.768. The molecular formula is C14H20BrNO2S. The summed E-state index contributed by atoms with van der Waals surface area (Å²) >= 11 is 3.36. The van der Waals surface area contributed by atoms with Crippen molar-refractivity contribution in [2.75, 3.05) is 11.9 Å². The van der Waals surface area contributed by atoms with E-state index in [9.17, 15) is 8.42 Å². The Hall–Kier alpha value is -0.390. The molecule has 106 valence electrons. The Labute approximate surface area is 124 Å². The molecular weight excluding hydrogens is 326 g/mol. The Morgan fingerprint density at radius 1 is 1.26 bits per heavy atom. The summed E-state index contributed by atoms with van der Waals surface area (Å²) in [5.41, 5.74) is 2.14. The smallest absolute Gasteiger partial charge is 0.207 e. The van der Waals surface area contributed by atoms with Crippen molar-refractivity contribution in [2.45, 2.75) is 44.0 Å². The Bertz CT molecular complexity index is 553. The second-order valence-corrected chi connectivity index (χ2v) is 7.82. The van der Waals surface area contributed by atoms with E-state index in [2.05, 4.69) is 15.9 Å². The third kappa shape index (κ3) is 3.03. The Morgan fingerprint density at radius 2 is 1.95 bits per heavy atom. The molecule has 2 rings (SSSR count). The first-order valence-electron chi connectivity index (χ1n) is 6.62. The molecule has 0 N–H and O–H groups in total. The van der Waals surface area contributed by atoms with Crippen LogP contribution in [0.1, 0.15) is 30.4 Å². The number of alkyl halides is 1. The second-order valence-electron chi connectivity index (χ2n) is 5.14. The summed E-state index contributed by atoms with van der Waals surface area (Å²) in [5, 5.41) is 0.674. The van der Waals surface area contributed by atoms with Crippen LogP contribution in [0.25, 0.3) is 0 Å². The zero-order chi connectivity index (χ0) is 14.0. The van der Waals surface area contributed by atoms with E-state index >= 15 is 0 Å². The minimum Gasteiger partial charge on any atom is -0.207 e. The number of aryl methyl sites for hydroxylation is 2. The first-order valence-corrected chi connectivity index (χ1v) is 9.18. The van der Waals surface area contributed by atoms with E-state index < -0.39 is 10.0 Å². The molecule has 1 aromatic carbocycles. The van der Waals surface area contributed by atoms with Gasteiger partial charge in [-0.3, -0.25) is 0 Å². The molecule has 0 aliphatic heterocycles. The van der Waals surface area contributed by atoms with Gasteiger partial charge < -0.3 is 0 Å². The summed E-state index contributed by atoms with van der Waals surface area (Å²) in [4.78, 5) is 0.420. The fourth-order valence-corrected chi connectivity index (χ4v) is 4.66. The SMILES string of the molecule is Cc1ccc(S(=O)(=O)N(CCBr)C2CCC2)cc1C. The second kappa shape index (κ2) is 5.94. The van der Waals surface area contributed by atoms with Crippen LogP contribution in [-0.2, 0) is 10.0 Å². The topological polar surface area (TPSA) is 37.4 Å². The van der Waals surface area contributed by atoms with Crippen LogP contribution in [0.2, 0.25) is 0 Å². The molecule has 0 spiro atoms. The number of halogens is 1. The highest BCUT2D eigenvalue weighted by molar-refractivity contribution is 9.09. The lowest BCUT2D eigenvalue weighted by Crippen LogP contribution is -2.45. The molecule has 1 fully saturated rings. The van der Waals surface area contributed by atoms with Crippen molar-refractivity contribution < 1.29 is 8.42 Å². The van der Waals surface area contributed by atoms with Gasteiger partial charge in [0.25, 0.3) is 0 Å². The largest absolute Gasteiger partial charge is 0.243 e. The van der Waals surface area contributed by atoms with Crippen molar-refractivity contribution in [1.29, 1.82) is 0 Å². The molecule has 0 bridgehead atoms. The molecule has 0 unspecified atom stereocenters. The summed E-state index contributed by atoms with van der Waals surface area (Å²) < 4.78 is 27.1. The number of hydrogen-bond donors (Lipinski definition) is 0. The highest BCUT2D eigenvalue weighted by Gasteiger charge is 2.34. The van der Waals surface area contributed by atoms with E-state index in [1.165, 1.54) is 0 Å². The Morgan fingerprint density at radius 3 is 2.42 bits per heavy atom. The molecule has 0 amide bonds. The summed E-state index contributed by atoms with van der Waals surface area (Å²) in [6.45, 7) is 4.49. The van der Waals surface area contributed by atoms with Gasteiger partial charge in [-0.2, -0.15) is 4.31 Å². The number of rotatable bonds is 5. The van der Waals surface area contributed by atoms with E-state index in [1.807, 2.05) is 19.9 Å². The van der Waals surface area contributed by atoms with Gasteiger partial charge in [0.1, 0.15) is 0 Å². The highest BCUT2D eigenvalue weighted by Crippen LogP contribution is 2.30. The van der Waals surface area contributed by atoms with Gasteiger partial charge in [-0.25, -0.2) is 8.42 Å². The standard InChI is InChI=1S/C14H20BrNO2S/c1-11-6-7-14(10-12(11)2)19(17,18)16(9-8-15)13-4-3-5-13/h6-7,10,13H,3-5,8-9H2,1-2H3. The van der Waals surface area contributed by atoms with Gasteiger partial charge in [0.2, 0.25) is 10.0 Å². The number of hydrogen-bond acceptors (Lipinski definition) is 2. The lowest BCUT2D eigenvalue weighted by molar-refractivity contribution is 0.228. The van der Waals surface area contributed by atoms with E-state index in [0.29, 0.717) is 16.8 Å². The van der Waals surface area contributed by atoms with Gasteiger partial charge in [0, 0.05) is 17.9 Å². The van der Waals surface area contributed by atoms with Gasteiger partial charge in [-0.15, -0.1) is 0 Å². The summed E-state index contributed by atoms with van der Waals surface area (Å²) in [6, 6.07) is 5.57. The number of nitrogens with zero attached hydrogens (tertiary/aromatic N) is 1. The van der Waals surface area contributed by atoms with Gasteiger partial charge >= 0.3 is 0 Å². The van der Waals surface area contributed by atoms with Crippen LogP contribution in [0, 0.1) is 13.8 Å². The molecule has 0 atom stereocenters. The van der Waals surface area contributed by atoms with Gasteiger partial charge in [0.15, 0.2) is 0 Å². The average molecular weight is 346 g/mol. The van der Waals surface area contributed by atoms with Crippen molar-refractivity contribution in [1.82, 2.24) is 4.31 Å². The van der Waals surface area contributed by atoms with Crippen molar-refractivity contribution in [3.05, 3.63) is 29.3 Å². The molecule has 1 aromatic rings. The molecule has 1 aliphatic carbocycles. The fraction of sp³-hybridized carbons (Fsp3) is 0.571. The number of benzene rings is 1. The predicted molar refractivity (Wildman–Crippen MR) is 81.2 cm³/mol. The van der Waals surface area contributed by atoms with E-state index in [1.54, 1.807) is 16.4 Å². The van der Waals surface area contributed by atoms with E-state index in [-0.39, 0.29) is 6.04 Å². The van der Waals surface area contributed by atoms with Gasteiger partial charge in [-0.1, -0.05) is 28.4 Å². The molecule has 1 saturated carbocycles. The van der Waals surface area contributed by atoms with E-state index in [0.717, 1.165) is 30.4 Å². The molecule has 0 saturated heterocycles. The van der Waals surface area contributed by atoms with Crippen LogP contribution >= 0.6 is 15.9 Å². The van der Waals surface area contributed by atoms with Crippen LogP contribution < -0.4 is 0 Å². The first kappa shape index (κ1) is 15.0. The zero-order valence-corrected chi connectivity index (χ0v) is 13.8. The van der Waals surface area contributed by atoms with E-state index in [4.69, 9.17) is 0 Å². The maximum Gasteiger partial charge on any atom is 0.243 e. The molecule has 0 heterocycles. The minimum absolute atomic E-state index is 0.184. The Balaban J connectivity index is 2.35. The normalized spacial score (nSPS) is 16.6. The molecule has 3 nitrogen and oxygen atoms in total. The molecule has 5 heteroatoms. The average Bonchev–Trinajstić information content (AvgIpc) is 2.29. The minimum atomic E-state index is -3.36. The van der Waals surface area contributed by atoms with Gasteiger partial charge in [0.05, 0.1) is 4.90 Å². The van der Waals surface area contributed by atoms with Crippen molar-refractivity contribution in [3.8, 4) is 0 Å². The highest BCUT2D eigenvalue weighted by atomic mass is 79.9. The molecule has 19 heavy (non-hydrogen) atoms. The third-order valence-corrected chi connectivity index (χ3v) is 6.17. The summed E-state index contributed by atoms with van der Waals surface area (Å²) in [5.74, 6) is 0. The van der Waals surface area contributed by atoms with Crippen LogP contribution in [0.5, 0.6) is 0 Å². The maximum atomic E-state index is 12.7. The molecule has 0 aromatic heterocycles. The van der Waals surface area contributed by atoms with Crippen LogP contribution in [0.3, 0.4) is 0 Å². The monoisotopic (exact) mass is 345 g/mol.